The van der Waals surface area contributed by atoms with E-state index in [9.17, 15) is 8.78 Å². The molecule has 0 saturated carbocycles. The highest BCUT2D eigenvalue weighted by molar-refractivity contribution is 7.80. The average molecular weight is 432 g/mol. The van der Waals surface area contributed by atoms with Crippen molar-refractivity contribution < 1.29 is 8.78 Å². The predicted octanol–water partition coefficient (Wildman–Crippen LogP) is 5.33. The van der Waals surface area contributed by atoms with Crippen molar-refractivity contribution in [1.29, 1.82) is 0 Å². The molecule has 1 aliphatic heterocycles. The second-order valence-corrected chi connectivity index (χ2v) is 7.61. The molecule has 0 radical (unpaired) electrons. The molecule has 5 rings (SSSR count). The molecule has 0 aliphatic carbocycles. The SMILES string of the molecule is Fc1ccc(-n2cccc2[C@H]2[C@@H](c3ccccn3)NC(=S)N2c2ccccc2F)cc1. The Kier molecular flexibility index (Phi) is 4.95. The molecule has 0 unspecified atom stereocenters. The van der Waals surface area contributed by atoms with Crippen LogP contribution in [0, 0.1) is 11.6 Å². The van der Waals surface area contributed by atoms with E-state index in [-0.39, 0.29) is 23.7 Å². The second kappa shape index (κ2) is 7.92. The number of hydrogen-bond donors (Lipinski definition) is 1. The molecule has 3 heterocycles. The summed E-state index contributed by atoms with van der Waals surface area (Å²) in [7, 11) is 0. The van der Waals surface area contributed by atoms with Crippen molar-refractivity contribution in [3.8, 4) is 5.69 Å². The number of para-hydroxylation sites is 1. The number of aromatic nitrogens is 2. The van der Waals surface area contributed by atoms with E-state index in [1.165, 1.54) is 18.2 Å². The lowest BCUT2D eigenvalue weighted by Gasteiger charge is -2.29. The van der Waals surface area contributed by atoms with E-state index in [4.69, 9.17) is 12.2 Å². The van der Waals surface area contributed by atoms with Crippen LogP contribution in [0.3, 0.4) is 0 Å². The van der Waals surface area contributed by atoms with Crippen molar-refractivity contribution in [2.75, 3.05) is 4.90 Å². The van der Waals surface area contributed by atoms with Crippen molar-refractivity contribution in [2.24, 2.45) is 0 Å². The Balaban J connectivity index is 1.68. The number of thiocarbonyl (C=S) groups is 1. The second-order valence-electron chi connectivity index (χ2n) is 7.23. The molecule has 2 atom stereocenters. The molecule has 0 spiro atoms. The van der Waals surface area contributed by atoms with E-state index in [2.05, 4.69) is 10.3 Å². The first-order valence-electron chi connectivity index (χ1n) is 9.82. The standard InChI is InChI=1S/C24H18F2N4S/c25-16-10-12-17(13-11-16)29-15-5-9-21(29)23-22(19-7-3-4-14-27-19)28-24(31)30(23)20-8-2-1-6-18(20)26/h1-15,22-23H,(H,28,31)/t22-,23+/m1/s1. The van der Waals surface area contributed by atoms with Crippen LogP contribution >= 0.6 is 12.2 Å². The van der Waals surface area contributed by atoms with Gasteiger partial charge in [0.25, 0.3) is 0 Å². The quantitative estimate of drug-likeness (QED) is 0.442. The summed E-state index contributed by atoms with van der Waals surface area (Å²) >= 11 is 5.65. The Morgan fingerprint density at radius 2 is 1.65 bits per heavy atom. The van der Waals surface area contributed by atoms with E-state index in [1.54, 1.807) is 41.4 Å². The zero-order valence-electron chi connectivity index (χ0n) is 16.3. The van der Waals surface area contributed by atoms with Crippen LogP contribution in [0.4, 0.5) is 14.5 Å². The van der Waals surface area contributed by atoms with Crippen molar-refractivity contribution in [3.05, 3.63) is 114 Å². The third-order valence-corrected chi connectivity index (χ3v) is 5.71. The van der Waals surface area contributed by atoms with Gasteiger partial charge in [0.05, 0.1) is 17.4 Å². The fraction of sp³-hybridized carbons (Fsp3) is 0.0833. The minimum absolute atomic E-state index is 0.303. The minimum Gasteiger partial charge on any atom is -0.351 e. The van der Waals surface area contributed by atoms with Crippen LogP contribution < -0.4 is 10.2 Å². The highest BCUT2D eigenvalue weighted by Crippen LogP contribution is 2.42. The number of benzene rings is 2. The summed E-state index contributed by atoms with van der Waals surface area (Å²) in [5, 5.41) is 3.74. The van der Waals surface area contributed by atoms with Crippen LogP contribution in [0.2, 0.25) is 0 Å². The maximum Gasteiger partial charge on any atom is 0.174 e. The molecule has 2 aromatic carbocycles. The van der Waals surface area contributed by atoms with Crippen molar-refractivity contribution >= 4 is 23.0 Å². The van der Waals surface area contributed by atoms with Gasteiger partial charge >= 0.3 is 0 Å². The smallest absolute Gasteiger partial charge is 0.174 e. The van der Waals surface area contributed by atoms with Crippen LogP contribution in [0.1, 0.15) is 23.5 Å². The van der Waals surface area contributed by atoms with E-state index < -0.39 is 0 Å². The van der Waals surface area contributed by atoms with E-state index in [1.807, 2.05) is 41.1 Å². The van der Waals surface area contributed by atoms with Gasteiger partial charge < -0.3 is 14.8 Å². The number of halogens is 2. The molecule has 1 N–H and O–H groups in total. The topological polar surface area (TPSA) is 33.1 Å². The Morgan fingerprint density at radius 1 is 0.871 bits per heavy atom. The predicted molar refractivity (Wildman–Crippen MR) is 120 cm³/mol. The number of nitrogens with zero attached hydrogens (tertiary/aromatic N) is 3. The van der Waals surface area contributed by atoms with Gasteiger partial charge in [-0.2, -0.15) is 0 Å². The molecule has 1 saturated heterocycles. The molecule has 1 aliphatic rings. The number of nitrogens with one attached hydrogen (secondary N) is 1. The van der Waals surface area contributed by atoms with Crippen molar-refractivity contribution in [1.82, 2.24) is 14.9 Å². The highest BCUT2D eigenvalue weighted by Gasteiger charge is 2.42. The van der Waals surface area contributed by atoms with Gasteiger partial charge in [0.1, 0.15) is 17.7 Å². The van der Waals surface area contributed by atoms with Crippen LogP contribution in [0.15, 0.2) is 91.3 Å². The van der Waals surface area contributed by atoms with Crippen LogP contribution in [-0.4, -0.2) is 14.7 Å². The molecule has 31 heavy (non-hydrogen) atoms. The summed E-state index contributed by atoms with van der Waals surface area (Å²) in [5.74, 6) is -0.668. The molecule has 0 bridgehead atoms. The minimum atomic E-state index is -0.376. The molecular formula is C24H18F2N4S. The summed E-state index contributed by atoms with van der Waals surface area (Å²) in [4.78, 5) is 6.31. The van der Waals surface area contributed by atoms with E-state index in [0.717, 1.165) is 17.1 Å². The largest absolute Gasteiger partial charge is 0.351 e. The summed E-state index contributed by atoms with van der Waals surface area (Å²) in [6, 6.07) is 21.7. The average Bonchev–Trinajstić information content (AvgIpc) is 3.40. The molecule has 0 amide bonds. The zero-order valence-corrected chi connectivity index (χ0v) is 17.1. The number of hydrogen-bond acceptors (Lipinski definition) is 2. The van der Waals surface area contributed by atoms with Gasteiger partial charge in [-0.3, -0.25) is 4.98 Å². The van der Waals surface area contributed by atoms with Crippen LogP contribution in [0.25, 0.3) is 5.69 Å². The molecular weight excluding hydrogens is 414 g/mol. The fourth-order valence-electron chi connectivity index (χ4n) is 4.03. The van der Waals surface area contributed by atoms with Crippen LogP contribution in [-0.2, 0) is 0 Å². The van der Waals surface area contributed by atoms with Gasteiger partial charge in [-0.25, -0.2) is 8.78 Å². The highest BCUT2D eigenvalue weighted by atomic mass is 32.1. The lowest BCUT2D eigenvalue weighted by Crippen LogP contribution is -2.31. The summed E-state index contributed by atoms with van der Waals surface area (Å²) in [5.41, 5.74) is 2.85. The first-order chi connectivity index (χ1) is 15.1. The van der Waals surface area contributed by atoms with Gasteiger partial charge in [-0.15, -0.1) is 0 Å². The first kappa shape index (κ1) is 19.4. The Labute approximate surface area is 183 Å². The first-order valence-corrected chi connectivity index (χ1v) is 10.2. The lowest BCUT2D eigenvalue weighted by atomic mass is 10.0. The van der Waals surface area contributed by atoms with Gasteiger partial charge in [0.2, 0.25) is 0 Å². The lowest BCUT2D eigenvalue weighted by molar-refractivity contribution is 0.541. The van der Waals surface area contributed by atoms with Crippen molar-refractivity contribution in [3.63, 3.8) is 0 Å². The number of rotatable bonds is 4. The Hall–Kier alpha value is -3.58. The van der Waals surface area contributed by atoms with E-state index in [0.29, 0.717) is 10.8 Å². The van der Waals surface area contributed by atoms with Crippen molar-refractivity contribution in [2.45, 2.75) is 12.1 Å². The number of pyridine rings is 1. The summed E-state index contributed by atoms with van der Waals surface area (Å²) < 4.78 is 30.3. The molecule has 154 valence electrons. The third-order valence-electron chi connectivity index (χ3n) is 5.40. The van der Waals surface area contributed by atoms with E-state index >= 15 is 0 Å². The maximum absolute atomic E-state index is 14.8. The maximum atomic E-state index is 14.8. The van der Waals surface area contributed by atoms with Gasteiger partial charge in [-0.05, 0) is 72.9 Å². The molecule has 1 fully saturated rings. The molecule has 7 heteroatoms. The van der Waals surface area contributed by atoms with Gasteiger partial charge in [0, 0.05) is 23.8 Å². The summed E-state index contributed by atoms with van der Waals surface area (Å²) in [6.45, 7) is 0. The fourth-order valence-corrected chi connectivity index (χ4v) is 4.37. The number of anilines is 1. The van der Waals surface area contributed by atoms with Crippen LogP contribution in [0.5, 0.6) is 0 Å². The molecule has 2 aromatic heterocycles. The Morgan fingerprint density at radius 3 is 2.39 bits per heavy atom. The summed E-state index contributed by atoms with van der Waals surface area (Å²) in [6.07, 6.45) is 3.63. The zero-order chi connectivity index (χ0) is 21.4. The Bertz CT molecular complexity index is 1220. The molecule has 4 aromatic rings. The van der Waals surface area contributed by atoms with Gasteiger partial charge in [-0.1, -0.05) is 18.2 Å². The normalized spacial score (nSPS) is 18.3. The van der Waals surface area contributed by atoms with Gasteiger partial charge in [0.15, 0.2) is 5.11 Å². The third kappa shape index (κ3) is 3.47. The monoisotopic (exact) mass is 432 g/mol. The molecule has 4 nitrogen and oxygen atoms in total.